The molecule has 0 radical (unpaired) electrons. The molecule has 0 N–H and O–H groups in total. The third kappa shape index (κ3) is 2.59. The Bertz CT molecular complexity index is 708. The Kier molecular flexibility index (Phi) is 2.92. The molecule has 1 heterocycles. The van der Waals surface area contributed by atoms with Gasteiger partial charge in [0.1, 0.15) is 5.82 Å². The van der Waals surface area contributed by atoms with E-state index in [1.54, 1.807) is 0 Å². The van der Waals surface area contributed by atoms with Crippen LogP contribution in [0.4, 0.5) is 0 Å². The zero-order valence-electron chi connectivity index (χ0n) is 13.2. The summed E-state index contributed by atoms with van der Waals surface area (Å²) in [6.07, 6.45) is -1.59. The molecular formula is C18H16N2. The molecule has 0 amide bonds. The molecule has 20 heavy (non-hydrogen) atoms. The smallest absolute Gasteiger partial charge is 0.129 e. The van der Waals surface area contributed by atoms with Crippen molar-refractivity contribution >= 4 is 0 Å². The minimum Gasteiger partial charge on any atom is -0.233 e. The van der Waals surface area contributed by atoms with Gasteiger partial charge in [0.15, 0.2) is 0 Å². The van der Waals surface area contributed by atoms with Crippen LogP contribution in [0.2, 0.25) is 0 Å². The molecule has 0 aliphatic heterocycles. The summed E-state index contributed by atoms with van der Waals surface area (Å²) in [5, 5.41) is 0. The van der Waals surface area contributed by atoms with Crippen LogP contribution < -0.4 is 0 Å². The van der Waals surface area contributed by atoms with Gasteiger partial charge in [-0.1, -0.05) is 67.6 Å². The van der Waals surface area contributed by atoms with Gasteiger partial charge in [-0.05, 0) is 6.07 Å². The second-order valence-corrected chi connectivity index (χ2v) is 4.44. The predicted molar refractivity (Wildman–Crippen MR) is 82.3 cm³/mol. The summed E-state index contributed by atoms with van der Waals surface area (Å²) in [5.41, 5.74) is 3.37. The number of hydrogen-bond donors (Lipinski definition) is 0. The summed E-state index contributed by atoms with van der Waals surface area (Å²) in [7, 11) is 0. The lowest BCUT2D eigenvalue weighted by atomic mass is 10.1. The lowest BCUT2D eigenvalue weighted by Gasteiger charge is -2.07. The normalized spacial score (nSPS) is 12.7. The van der Waals surface area contributed by atoms with Crippen LogP contribution in [0.5, 0.6) is 0 Å². The summed E-state index contributed by atoms with van der Waals surface area (Å²) in [6.45, 7) is 1.48. The molecule has 2 aromatic carbocycles. The number of benzene rings is 2. The Hall–Kier alpha value is -2.48. The summed E-state index contributed by atoms with van der Waals surface area (Å²) < 4.78 is 15.9. The Morgan fingerprint density at radius 3 is 1.65 bits per heavy atom. The summed E-state index contributed by atoms with van der Waals surface area (Å²) in [5.74, 6) is 0.202. The van der Waals surface area contributed by atoms with Crippen LogP contribution >= 0.6 is 0 Å². The zero-order chi connectivity index (χ0) is 15.6. The fourth-order valence-corrected chi connectivity index (χ4v) is 2.07. The third-order valence-corrected chi connectivity index (χ3v) is 3.09. The van der Waals surface area contributed by atoms with E-state index in [4.69, 9.17) is 2.74 Å². The summed E-state index contributed by atoms with van der Waals surface area (Å²) >= 11 is 0. The number of rotatable bonds is 3. The van der Waals surface area contributed by atoms with Crippen LogP contribution in [0.25, 0.3) is 22.5 Å². The van der Waals surface area contributed by atoms with E-state index in [9.17, 15) is 0 Å². The van der Waals surface area contributed by atoms with Crippen LogP contribution in [-0.4, -0.2) is 9.97 Å². The average molecular weight is 262 g/mol. The van der Waals surface area contributed by atoms with Crippen LogP contribution in [-0.2, 0) is 6.37 Å². The van der Waals surface area contributed by atoms with Crippen molar-refractivity contribution in [2.45, 2.75) is 13.3 Å². The lowest BCUT2D eigenvalue weighted by molar-refractivity contribution is 0.947. The van der Waals surface area contributed by atoms with E-state index in [-0.39, 0.29) is 5.82 Å². The first kappa shape index (κ1) is 10.3. The monoisotopic (exact) mass is 262 g/mol. The van der Waals surface area contributed by atoms with E-state index >= 15 is 0 Å². The van der Waals surface area contributed by atoms with Crippen molar-refractivity contribution < 1.29 is 2.74 Å². The standard InChI is InChI=1S/C18H16N2/c1-2-18-19-16(14-9-5-3-6-10-14)13-17(20-18)15-11-7-4-8-12-15/h3-13H,2H2,1H3/i2D2. The van der Waals surface area contributed by atoms with Crippen LogP contribution in [0, 0.1) is 0 Å². The second kappa shape index (κ2) is 5.66. The molecule has 0 spiro atoms. The molecule has 98 valence electrons. The van der Waals surface area contributed by atoms with E-state index < -0.39 is 6.37 Å². The molecule has 0 saturated carbocycles. The van der Waals surface area contributed by atoms with Crippen molar-refractivity contribution in [3.63, 3.8) is 0 Å². The molecule has 1 aromatic heterocycles. The van der Waals surface area contributed by atoms with E-state index in [0.29, 0.717) is 0 Å². The van der Waals surface area contributed by atoms with Crippen molar-refractivity contribution in [1.82, 2.24) is 9.97 Å². The van der Waals surface area contributed by atoms with Crippen molar-refractivity contribution in [3.8, 4) is 22.5 Å². The highest BCUT2D eigenvalue weighted by Crippen LogP contribution is 2.23. The van der Waals surface area contributed by atoms with Gasteiger partial charge in [-0.2, -0.15) is 0 Å². The molecule has 0 aliphatic rings. The van der Waals surface area contributed by atoms with Gasteiger partial charge >= 0.3 is 0 Å². The first-order valence-electron chi connectivity index (χ1n) is 7.54. The lowest BCUT2D eigenvalue weighted by Crippen LogP contribution is -1.97. The second-order valence-electron chi connectivity index (χ2n) is 4.44. The maximum atomic E-state index is 7.93. The fourth-order valence-electron chi connectivity index (χ4n) is 2.07. The van der Waals surface area contributed by atoms with Crippen LogP contribution in [0.1, 0.15) is 15.5 Å². The molecule has 0 aliphatic carbocycles. The van der Waals surface area contributed by atoms with Gasteiger partial charge in [0, 0.05) is 20.2 Å². The maximum absolute atomic E-state index is 7.93. The number of nitrogens with zero attached hydrogens (tertiary/aromatic N) is 2. The minimum atomic E-state index is -1.59. The third-order valence-electron chi connectivity index (χ3n) is 3.09. The van der Waals surface area contributed by atoms with Gasteiger partial charge in [0.2, 0.25) is 0 Å². The molecule has 0 saturated heterocycles. The molecule has 0 bridgehead atoms. The van der Waals surface area contributed by atoms with E-state index in [1.807, 2.05) is 66.7 Å². The average Bonchev–Trinajstić information content (AvgIpc) is 2.55. The Labute approximate surface area is 122 Å². The van der Waals surface area contributed by atoms with E-state index in [1.165, 1.54) is 6.92 Å². The predicted octanol–water partition coefficient (Wildman–Crippen LogP) is 4.37. The van der Waals surface area contributed by atoms with Crippen molar-refractivity contribution in [1.29, 1.82) is 0 Å². The molecule has 2 nitrogen and oxygen atoms in total. The van der Waals surface area contributed by atoms with Gasteiger partial charge in [-0.25, -0.2) is 9.97 Å². The Morgan fingerprint density at radius 1 is 0.800 bits per heavy atom. The van der Waals surface area contributed by atoms with Crippen molar-refractivity contribution in [3.05, 3.63) is 72.6 Å². The Morgan fingerprint density at radius 2 is 1.25 bits per heavy atom. The molecule has 0 unspecified atom stereocenters. The van der Waals surface area contributed by atoms with Gasteiger partial charge < -0.3 is 0 Å². The first-order chi connectivity index (χ1) is 10.5. The topological polar surface area (TPSA) is 25.8 Å². The molecule has 3 aromatic rings. The zero-order valence-corrected chi connectivity index (χ0v) is 11.2. The van der Waals surface area contributed by atoms with Gasteiger partial charge in [-0.3, -0.25) is 0 Å². The molecule has 0 fully saturated rings. The van der Waals surface area contributed by atoms with Crippen molar-refractivity contribution in [2.24, 2.45) is 0 Å². The van der Waals surface area contributed by atoms with Crippen molar-refractivity contribution in [2.75, 3.05) is 0 Å². The van der Waals surface area contributed by atoms with Gasteiger partial charge in [0.25, 0.3) is 0 Å². The number of hydrogen-bond acceptors (Lipinski definition) is 2. The van der Waals surface area contributed by atoms with Crippen LogP contribution in [0.15, 0.2) is 66.7 Å². The van der Waals surface area contributed by atoms with E-state index in [0.717, 1.165) is 22.5 Å². The molecule has 0 atom stereocenters. The number of aromatic nitrogens is 2. The van der Waals surface area contributed by atoms with Gasteiger partial charge in [0.05, 0.1) is 11.4 Å². The molecular weight excluding hydrogens is 244 g/mol. The molecule has 3 rings (SSSR count). The highest BCUT2D eigenvalue weighted by Gasteiger charge is 2.07. The minimum absolute atomic E-state index is 0.202. The highest BCUT2D eigenvalue weighted by molar-refractivity contribution is 5.67. The maximum Gasteiger partial charge on any atom is 0.129 e. The molecule has 2 heteroatoms. The summed E-state index contributed by atoms with van der Waals surface area (Å²) in [4.78, 5) is 8.83. The number of aryl methyl sites for hydroxylation is 1. The summed E-state index contributed by atoms with van der Waals surface area (Å²) in [6, 6.07) is 21.4. The SMILES string of the molecule is [2H]C([2H])(C)c1nc(-c2ccccc2)cc(-c2ccccc2)n1. The largest absolute Gasteiger partial charge is 0.233 e. The van der Waals surface area contributed by atoms with E-state index in [2.05, 4.69) is 9.97 Å². The fraction of sp³-hybridized carbons (Fsp3) is 0.111. The quantitative estimate of drug-likeness (QED) is 0.700. The highest BCUT2D eigenvalue weighted by atomic mass is 14.9. The first-order valence-corrected chi connectivity index (χ1v) is 6.54. The Balaban J connectivity index is 2.19. The van der Waals surface area contributed by atoms with Crippen LogP contribution in [0.3, 0.4) is 0 Å². The van der Waals surface area contributed by atoms with Gasteiger partial charge in [-0.15, -0.1) is 0 Å².